The fourth-order valence-electron chi connectivity index (χ4n) is 2.24. The van der Waals surface area contributed by atoms with Gasteiger partial charge in [-0.1, -0.05) is 32.0 Å². The third-order valence-electron chi connectivity index (χ3n) is 3.54. The molecule has 7 nitrogen and oxygen atoms in total. The molecule has 1 amide bonds. The molecule has 1 heterocycles. The maximum atomic E-state index is 12.4. The maximum absolute atomic E-state index is 12.4. The minimum atomic E-state index is -3.65. The first-order valence-corrected chi connectivity index (χ1v) is 9.83. The summed E-state index contributed by atoms with van der Waals surface area (Å²) in [5.74, 6) is -1.99. The van der Waals surface area contributed by atoms with Crippen LogP contribution in [0, 0.1) is 0 Å². The van der Waals surface area contributed by atoms with Crippen LogP contribution in [0.4, 0.5) is 5.69 Å². The smallest absolute Gasteiger partial charge is 0.265 e. The Morgan fingerprint density at radius 2 is 1.84 bits per heavy atom. The number of hydrogen-bond donors (Lipinski definition) is 1. The summed E-state index contributed by atoms with van der Waals surface area (Å²) in [4.78, 5) is 23.6. The quantitative estimate of drug-likeness (QED) is 0.780. The van der Waals surface area contributed by atoms with Crippen LogP contribution in [0.1, 0.15) is 33.9 Å². The lowest BCUT2D eigenvalue weighted by Crippen LogP contribution is -2.30. The van der Waals surface area contributed by atoms with E-state index >= 15 is 0 Å². The molecule has 0 spiro atoms. The SMILES string of the molecule is CCN(CC)S(=O)(=O)c1csc(C(=O)Nc2ccccc2C(=O)[O-])c1. The van der Waals surface area contributed by atoms with Gasteiger partial charge in [-0.05, 0) is 12.1 Å². The number of carboxylic acid groups (broad SMARTS) is 1. The fraction of sp³-hybridized carbons (Fsp3) is 0.250. The Morgan fingerprint density at radius 1 is 1.20 bits per heavy atom. The normalized spacial score (nSPS) is 11.5. The van der Waals surface area contributed by atoms with Crippen molar-refractivity contribution in [1.29, 1.82) is 0 Å². The van der Waals surface area contributed by atoms with Crippen LogP contribution in [-0.4, -0.2) is 37.7 Å². The summed E-state index contributed by atoms with van der Waals surface area (Å²) in [6.45, 7) is 4.13. The monoisotopic (exact) mass is 381 g/mol. The number of nitrogens with one attached hydrogen (secondary N) is 1. The van der Waals surface area contributed by atoms with E-state index in [9.17, 15) is 23.1 Å². The van der Waals surface area contributed by atoms with Gasteiger partial charge in [-0.2, -0.15) is 4.31 Å². The van der Waals surface area contributed by atoms with E-state index in [1.807, 2.05) is 0 Å². The average Bonchev–Trinajstić information content (AvgIpc) is 3.07. The molecule has 1 N–H and O–H groups in total. The van der Waals surface area contributed by atoms with Gasteiger partial charge in [0.1, 0.15) is 0 Å². The average molecular weight is 381 g/mol. The first kappa shape index (κ1) is 19.1. The number of hydrogen-bond acceptors (Lipinski definition) is 6. The van der Waals surface area contributed by atoms with E-state index in [1.165, 1.54) is 34.0 Å². The van der Waals surface area contributed by atoms with Crippen molar-refractivity contribution < 1.29 is 23.1 Å². The number of benzene rings is 1. The van der Waals surface area contributed by atoms with E-state index in [4.69, 9.17) is 0 Å². The van der Waals surface area contributed by atoms with Gasteiger partial charge in [-0.25, -0.2) is 8.42 Å². The molecule has 0 aliphatic heterocycles. The molecule has 2 aromatic rings. The molecule has 0 fully saturated rings. The van der Waals surface area contributed by atoms with Crippen LogP contribution in [0.5, 0.6) is 0 Å². The van der Waals surface area contributed by atoms with Crippen molar-refractivity contribution in [2.75, 3.05) is 18.4 Å². The van der Waals surface area contributed by atoms with Gasteiger partial charge in [0, 0.05) is 24.0 Å². The number of anilines is 1. The molecule has 0 saturated carbocycles. The molecule has 0 unspecified atom stereocenters. The Bertz CT molecular complexity index is 885. The molecule has 134 valence electrons. The Balaban J connectivity index is 2.26. The van der Waals surface area contributed by atoms with Gasteiger partial charge in [-0.3, -0.25) is 4.79 Å². The fourth-order valence-corrected chi connectivity index (χ4v) is 4.85. The highest BCUT2D eigenvalue weighted by Gasteiger charge is 2.24. The number of carbonyl (C=O) groups is 2. The molecule has 25 heavy (non-hydrogen) atoms. The van der Waals surface area contributed by atoms with E-state index in [0.29, 0.717) is 13.1 Å². The molecule has 0 aliphatic rings. The second-order valence-corrected chi connectivity index (χ2v) is 7.87. The van der Waals surface area contributed by atoms with Gasteiger partial charge < -0.3 is 15.2 Å². The van der Waals surface area contributed by atoms with E-state index in [-0.39, 0.29) is 21.0 Å². The highest BCUT2D eigenvalue weighted by Crippen LogP contribution is 2.24. The summed E-state index contributed by atoms with van der Waals surface area (Å²) >= 11 is 0.975. The molecule has 1 aromatic heterocycles. The third-order valence-corrected chi connectivity index (χ3v) is 6.64. The molecule has 2 rings (SSSR count). The first-order valence-electron chi connectivity index (χ1n) is 7.51. The Kier molecular flexibility index (Phi) is 5.93. The van der Waals surface area contributed by atoms with Gasteiger partial charge in [-0.15, -0.1) is 11.3 Å². The van der Waals surface area contributed by atoms with Gasteiger partial charge >= 0.3 is 0 Å². The van der Waals surface area contributed by atoms with Crippen LogP contribution in [0.3, 0.4) is 0 Å². The molecule has 0 radical (unpaired) electrons. The molecule has 0 saturated heterocycles. The van der Waals surface area contributed by atoms with Crippen molar-refractivity contribution in [3.05, 3.63) is 46.2 Å². The molecule has 0 aliphatic carbocycles. The number of sulfonamides is 1. The standard InChI is InChI=1S/C16H18N2O5S2/c1-3-18(4-2)25(22,23)11-9-14(24-10-11)15(19)17-13-8-6-5-7-12(13)16(20)21/h5-10H,3-4H2,1-2H3,(H,17,19)(H,20,21)/p-1. The number of carboxylic acids is 1. The van der Waals surface area contributed by atoms with Gasteiger partial charge in [0.15, 0.2) is 0 Å². The summed E-state index contributed by atoms with van der Waals surface area (Å²) in [6, 6.07) is 7.13. The molecule has 9 heteroatoms. The third kappa shape index (κ3) is 4.06. The van der Waals surface area contributed by atoms with Crippen LogP contribution in [0.15, 0.2) is 40.6 Å². The second kappa shape index (κ2) is 7.77. The van der Waals surface area contributed by atoms with Crippen molar-refractivity contribution in [2.24, 2.45) is 0 Å². The van der Waals surface area contributed by atoms with Gasteiger partial charge in [0.2, 0.25) is 10.0 Å². The van der Waals surface area contributed by atoms with Crippen LogP contribution in [-0.2, 0) is 10.0 Å². The largest absolute Gasteiger partial charge is 0.545 e. The van der Waals surface area contributed by atoms with E-state index in [1.54, 1.807) is 19.9 Å². The van der Waals surface area contributed by atoms with Crippen LogP contribution >= 0.6 is 11.3 Å². The Hall–Kier alpha value is -2.23. The zero-order chi connectivity index (χ0) is 18.6. The van der Waals surface area contributed by atoms with Gasteiger partial charge in [0.25, 0.3) is 5.91 Å². The minimum absolute atomic E-state index is 0.0412. The molecule has 0 atom stereocenters. The topological polar surface area (TPSA) is 107 Å². The highest BCUT2D eigenvalue weighted by atomic mass is 32.2. The highest BCUT2D eigenvalue weighted by molar-refractivity contribution is 7.89. The van der Waals surface area contributed by atoms with Crippen LogP contribution in [0.25, 0.3) is 0 Å². The van der Waals surface area contributed by atoms with E-state index in [2.05, 4.69) is 5.32 Å². The van der Waals surface area contributed by atoms with Crippen molar-refractivity contribution >= 4 is 38.9 Å². The van der Waals surface area contributed by atoms with Crippen molar-refractivity contribution in [3.63, 3.8) is 0 Å². The minimum Gasteiger partial charge on any atom is -0.545 e. The summed E-state index contributed by atoms with van der Waals surface area (Å²) in [7, 11) is -3.65. The van der Waals surface area contributed by atoms with Crippen molar-refractivity contribution in [2.45, 2.75) is 18.7 Å². The number of carbonyl (C=O) groups excluding carboxylic acids is 2. The number of amides is 1. The lowest BCUT2D eigenvalue weighted by atomic mass is 10.2. The molecule has 0 bridgehead atoms. The number of para-hydroxylation sites is 1. The van der Waals surface area contributed by atoms with E-state index < -0.39 is 21.9 Å². The number of nitrogens with zero attached hydrogens (tertiary/aromatic N) is 1. The molecule has 1 aromatic carbocycles. The second-order valence-electron chi connectivity index (χ2n) is 5.02. The van der Waals surface area contributed by atoms with Crippen molar-refractivity contribution in [3.8, 4) is 0 Å². The number of aromatic carboxylic acids is 1. The predicted octanol–water partition coefficient (Wildman–Crippen LogP) is 1.39. The zero-order valence-corrected chi connectivity index (χ0v) is 15.3. The van der Waals surface area contributed by atoms with E-state index in [0.717, 1.165) is 11.3 Å². The summed E-state index contributed by atoms with van der Waals surface area (Å²) in [5.41, 5.74) is -0.0579. The molecular weight excluding hydrogens is 364 g/mol. The first-order chi connectivity index (χ1) is 11.8. The lowest BCUT2D eigenvalue weighted by molar-refractivity contribution is -0.254. The maximum Gasteiger partial charge on any atom is 0.265 e. The Labute approximate surface area is 150 Å². The summed E-state index contributed by atoms with van der Waals surface area (Å²) in [5, 5.41) is 14.9. The summed E-state index contributed by atoms with van der Waals surface area (Å²) < 4.78 is 26.2. The van der Waals surface area contributed by atoms with Crippen LogP contribution in [0.2, 0.25) is 0 Å². The number of rotatable bonds is 7. The number of thiophene rings is 1. The zero-order valence-electron chi connectivity index (χ0n) is 13.7. The molecular formula is C16H17N2O5S2-. The van der Waals surface area contributed by atoms with Crippen molar-refractivity contribution in [1.82, 2.24) is 4.31 Å². The summed E-state index contributed by atoms with van der Waals surface area (Å²) in [6.07, 6.45) is 0. The lowest BCUT2D eigenvalue weighted by Gasteiger charge is -2.17. The predicted molar refractivity (Wildman–Crippen MR) is 93.2 cm³/mol. The van der Waals surface area contributed by atoms with Gasteiger partial charge in [0.05, 0.1) is 21.4 Å². The Morgan fingerprint density at radius 3 is 2.44 bits per heavy atom. The van der Waals surface area contributed by atoms with Crippen LogP contribution < -0.4 is 10.4 Å².